The number of ether oxygens (including phenoxy) is 2. The zero-order chi connectivity index (χ0) is 20.6. The molecule has 0 N–H and O–H groups in total. The largest absolute Gasteiger partial charge is 0.497 e. The Bertz CT molecular complexity index is 786. The Balaban J connectivity index is 1.38. The summed E-state index contributed by atoms with van der Waals surface area (Å²) in [5, 5.41) is 0. The van der Waals surface area contributed by atoms with Gasteiger partial charge in [-0.2, -0.15) is 0 Å². The molecule has 1 heterocycles. The van der Waals surface area contributed by atoms with Crippen LogP contribution in [0.4, 0.5) is 5.69 Å². The Labute approximate surface area is 173 Å². The molecule has 1 amide bonds. The van der Waals surface area contributed by atoms with Crippen molar-refractivity contribution in [1.29, 1.82) is 0 Å². The minimum absolute atomic E-state index is 0.178. The molecule has 0 aliphatic carbocycles. The highest BCUT2D eigenvalue weighted by Gasteiger charge is 2.22. The Kier molecular flexibility index (Phi) is 7.36. The Morgan fingerprint density at radius 3 is 2.41 bits per heavy atom. The maximum absolute atomic E-state index is 12.6. The van der Waals surface area contributed by atoms with Crippen LogP contribution in [0.25, 0.3) is 0 Å². The highest BCUT2D eigenvalue weighted by molar-refractivity contribution is 5.78. The number of likely N-dealkylation sites (N-methyl/N-ethyl adjacent to an activating group) is 1. The number of methoxy groups -OCH3 is 1. The molecule has 6 nitrogen and oxygen atoms in total. The van der Waals surface area contributed by atoms with Gasteiger partial charge in [-0.25, -0.2) is 0 Å². The smallest absolute Gasteiger partial charge is 0.236 e. The number of rotatable bonds is 8. The third-order valence-corrected chi connectivity index (χ3v) is 5.21. The number of amides is 1. The summed E-state index contributed by atoms with van der Waals surface area (Å²) in [4.78, 5) is 18.9. The lowest BCUT2D eigenvalue weighted by molar-refractivity contribution is -0.132. The van der Waals surface area contributed by atoms with E-state index >= 15 is 0 Å². The van der Waals surface area contributed by atoms with Crippen molar-refractivity contribution >= 4 is 11.6 Å². The fraction of sp³-hybridized carbons (Fsp3) is 0.435. The van der Waals surface area contributed by atoms with Gasteiger partial charge in [0.25, 0.3) is 0 Å². The van der Waals surface area contributed by atoms with Gasteiger partial charge < -0.3 is 19.3 Å². The molecule has 0 saturated carbocycles. The van der Waals surface area contributed by atoms with E-state index in [0.29, 0.717) is 19.7 Å². The number of anilines is 1. The fourth-order valence-corrected chi connectivity index (χ4v) is 3.44. The van der Waals surface area contributed by atoms with Crippen LogP contribution in [0.15, 0.2) is 48.5 Å². The molecule has 3 rings (SSSR count). The van der Waals surface area contributed by atoms with Gasteiger partial charge in [-0.1, -0.05) is 12.1 Å². The van der Waals surface area contributed by atoms with Crippen molar-refractivity contribution in [2.45, 2.75) is 6.92 Å². The van der Waals surface area contributed by atoms with Gasteiger partial charge in [0.1, 0.15) is 18.1 Å². The van der Waals surface area contributed by atoms with Crippen molar-refractivity contribution in [1.82, 2.24) is 9.80 Å². The number of piperazine rings is 1. The second-order valence-corrected chi connectivity index (χ2v) is 7.47. The number of nitrogens with zero attached hydrogens (tertiary/aromatic N) is 3. The molecule has 0 unspecified atom stereocenters. The van der Waals surface area contributed by atoms with E-state index < -0.39 is 0 Å². The molecule has 0 bridgehead atoms. The van der Waals surface area contributed by atoms with Crippen molar-refractivity contribution in [3.8, 4) is 11.5 Å². The van der Waals surface area contributed by atoms with Gasteiger partial charge in [0.05, 0.1) is 13.7 Å². The molecule has 156 valence electrons. The summed E-state index contributed by atoms with van der Waals surface area (Å²) in [5.41, 5.74) is 2.35. The lowest BCUT2D eigenvalue weighted by atomic mass is 10.2. The van der Waals surface area contributed by atoms with Gasteiger partial charge in [-0.3, -0.25) is 9.69 Å². The Morgan fingerprint density at radius 1 is 1.03 bits per heavy atom. The second-order valence-electron chi connectivity index (χ2n) is 7.47. The van der Waals surface area contributed by atoms with Crippen LogP contribution in [-0.2, 0) is 4.79 Å². The Hall–Kier alpha value is -2.73. The first-order chi connectivity index (χ1) is 14.0. The van der Waals surface area contributed by atoms with Gasteiger partial charge in [0.2, 0.25) is 5.91 Å². The van der Waals surface area contributed by atoms with Gasteiger partial charge >= 0.3 is 0 Å². The van der Waals surface area contributed by atoms with Crippen molar-refractivity contribution in [2.24, 2.45) is 0 Å². The van der Waals surface area contributed by atoms with E-state index in [2.05, 4.69) is 17.0 Å². The highest BCUT2D eigenvalue weighted by atomic mass is 16.5. The molecule has 2 aromatic rings. The first-order valence-corrected chi connectivity index (χ1v) is 10.1. The molecule has 0 aromatic heterocycles. The number of aryl methyl sites for hydroxylation is 1. The van der Waals surface area contributed by atoms with Crippen molar-refractivity contribution < 1.29 is 14.3 Å². The quantitative estimate of drug-likeness (QED) is 0.685. The van der Waals surface area contributed by atoms with Crippen LogP contribution in [0, 0.1) is 6.92 Å². The summed E-state index contributed by atoms with van der Waals surface area (Å²) in [7, 11) is 3.64. The second kappa shape index (κ2) is 10.2. The summed E-state index contributed by atoms with van der Waals surface area (Å²) < 4.78 is 11.0. The first-order valence-electron chi connectivity index (χ1n) is 10.1. The van der Waals surface area contributed by atoms with Crippen molar-refractivity contribution in [3.63, 3.8) is 0 Å². The summed E-state index contributed by atoms with van der Waals surface area (Å²) in [6.45, 7) is 6.93. The molecule has 0 atom stereocenters. The van der Waals surface area contributed by atoms with Crippen LogP contribution in [0.5, 0.6) is 11.5 Å². The van der Waals surface area contributed by atoms with Crippen LogP contribution >= 0.6 is 0 Å². The summed E-state index contributed by atoms with van der Waals surface area (Å²) in [5.74, 6) is 1.91. The number of benzene rings is 2. The molecule has 1 saturated heterocycles. The molecule has 0 spiro atoms. The average Bonchev–Trinajstić information content (AvgIpc) is 2.74. The van der Waals surface area contributed by atoms with Crippen molar-refractivity contribution in [3.05, 3.63) is 54.1 Å². The molecule has 6 heteroatoms. The molecule has 29 heavy (non-hydrogen) atoms. The van der Waals surface area contributed by atoms with Gasteiger partial charge in [0, 0.05) is 38.4 Å². The van der Waals surface area contributed by atoms with Crippen LogP contribution < -0.4 is 14.4 Å². The summed E-state index contributed by atoms with van der Waals surface area (Å²) in [6, 6.07) is 16.1. The third-order valence-electron chi connectivity index (χ3n) is 5.21. The average molecular weight is 398 g/mol. The lowest BCUT2D eigenvalue weighted by Gasteiger charge is -2.36. The maximum Gasteiger partial charge on any atom is 0.236 e. The van der Waals surface area contributed by atoms with Crippen molar-refractivity contribution in [2.75, 3.05) is 64.9 Å². The van der Waals surface area contributed by atoms with Gasteiger partial charge in [0.15, 0.2) is 0 Å². The van der Waals surface area contributed by atoms with Gasteiger partial charge in [-0.15, -0.1) is 0 Å². The molecule has 1 fully saturated rings. The van der Waals surface area contributed by atoms with E-state index in [4.69, 9.17) is 9.47 Å². The predicted octanol–water partition coefficient (Wildman–Crippen LogP) is 2.66. The van der Waals surface area contributed by atoms with E-state index in [1.165, 1.54) is 11.3 Å². The van der Waals surface area contributed by atoms with Crippen LogP contribution in [0.3, 0.4) is 0 Å². The summed E-state index contributed by atoms with van der Waals surface area (Å²) in [6.07, 6.45) is 0. The lowest BCUT2D eigenvalue weighted by Crippen LogP contribution is -2.51. The number of carbonyl (C=O) groups is 1. The zero-order valence-electron chi connectivity index (χ0n) is 17.6. The van der Waals surface area contributed by atoms with E-state index in [1.54, 1.807) is 7.11 Å². The van der Waals surface area contributed by atoms with Gasteiger partial charge in [-0.05, 0) is 55.9 Å². The number of hydrogen-bond donors (Lipinski definition) is 0. The number of carbonyl (C=O) groups excluding carboxylic acids is 1. The molecule has 0 radical (unpaired) electrons. The van der Waals surface area contributed by atoms with E-state index in [0.717, 1.165) is 37.7 Å². The minimum Gasteiger partial charge on any atom is -0.497 e. The topological polar surface area (TPSA) is 45.2 Å². The summed E-state index contributed by atoms with van der Waals surface area (Å²) >= 11 is 0. The molecule has 1 aliphatic rings. The maximum atomic E-state index is 12.6. The minimum atomic E-state index is 0.178. The fourth-order valence-electron chi connectivity index (χ4n) is 3.44. The molecule has 1 aliphatic heterocycles. The normalized spacial score (nSPS) is 14.2. The predicted molar refractivity (Wildman–Crippen MR) is 116 cm³/mol. The van der Waals surface area contributed by atoms with E-state index in [-0.39, 0.29) is 5.91 Å². The van der Waals surface area contributed by atoms with E-state index in [1.807, 2.05) is 60.2 Å². The molecular formula is C23H31N3O3. The highest BCUT2D eigenvalue weighted by Crippen LogP contribution is 2.20. The SMILES string of the molecule is COc1ccc(N2CCN(C(=O)CN(C)CCOc3cccc(C)c3)CC2)cc1. The van der Waals surface area contributed by atoms with Crippen LogP contribution in [-0.4, -0.2) is 75.7 Å². The number of hydrogen-bond acceptors (Lipinski definition) is 5. The van der Waals surface area contributed by atoms with Crippen LogP contribution in [0.1, 0.15) is 5.56 Å². The first kappa shape index (κ1) is 21.0. The van der Waals surface area contributed by atoms with E-state index in [9.17, 15) is 4.79 Å². The molecule has 2 aromatic carbocycles. The monoisotopic (exact) mass is 397 g/mol. The van der Waals surface area contributed by atoms with Crippen LogP contribution in [0.2, 0.25) is 0 Å². The standard InChI is InChI=1S/C23H31N3O3/c1-19-5-4-6-22(17-19)29-16-15-24(2)18-23(27)26-13-11-25(12-14-26)20-7-9-21(28-3)10-8-20/h4-10,17H,11-16,18H2,1-3H3. The zero-order valence-corrected chi connectivity index (χ0v) is 17.6. The molecular weight excluding hydrogens is 366 g/mol. The third kappa shape index (κ3) is 6.12. The Morgan fingerprint density at radius 2 is 1.76 bits per heavy atom.